The summed E-state index contributed by atoms with van der Waals surface area (Å²) in [5, 5.41) is 4.39. The molecular weight excluding hydrogens is 512 g/mol. The maximum absolute atomic E-state index is 11.9. The fraction of sp³-hybridized carbons (Fsp3) is 0.167. The fourth-order valence-electron chi connectivity index (χ4n) is 3.88. The van der Waals surface area contributed by atoms with Gasteiger partial charge in [-0.05, 0) is 67.9 Å². The zero-order valence-electron chi connectivity index (χ0n) is 22.2. The highest BCUT2D eigenvalue weighted by molar-refractivity contribution is 5.97. The highest BCUT2D eigenvalue weighted by Crippen LogP contribution is 2.21. The summed E-state index contributed by atoms with van der Waals surface area (Å²) in [6, 6.07) is 23.6. The molecule has 0 saturated carbocycles. The number of amides is 1. The number of aromatic amines is 2. The van der Waals surface area contributed by atoms with Gasteiger partial charge in [0.2, 0.25) is 0 Å². The van der Waals surface area contributed by atoms with Gasteiger partial charge >= 0.3 is 18.0 Å². The average molecular weight is 543 g/mol. The number of aromatic nitrogens is 2. The van der Waals surface area contributed by atoms with Gasteiger partial charge in [0.25, 0.3) is 0 Å². The standard InChI is InChI=1S/C19H18N2O4.C11H12N2O2/c1-2-24-18(22)17-11-14-10-15(8-9-16(14)21-17)20-19(23)25-12-13-6-4-3-5-7-13;1-2-15-11(14)10-6-7-5-8(12)3-4-9(7)13-10/h3-11,21H,2,12H2,1H3,(H,20,23);3-6,13H,2,12H2,1H3. The number of anilines is 2. The number of H-pyrrole nitrogens is 2. The van der Waals surface area contributed by atoms with E-state index < -0.39 is 12.1 Å². The van der Waals surface area contributed by atoms with E-state index in [9.17, 15) is 14.4 Å². The van der Waals surface area contributed by atoms with Gasteiger partial charge in [0.15, 0.2) is 0 Å². The molecule has 40 heavy (non-hydrogen) atoms. The first-order valence-electron chi connectivity index (χ1n) is 12.7. The third-order valence-corrected chi connectivity index (χ3v) is 5.72. The first-order chi connectivity index (χ1) is 19.4. The van der Waals surface area contributed by atoms with Gasteiger partial charge in [-0.2, -0.15) is 0 Å². The molecule has 206 valence electrons. The number of ether oxygens (including phenoxy) is 3. The molecule has 5 rings (SSSR count). The number of nitrogens with two attached hydrogens (primary N) is 1. The van der Waals surface area contributed by atoms with Crippen molar-refractivity contribution in [3.63, 3.8) is 0 Å². The number of nitrogen functional groups attached to an aromatic ring is 1. The predicted molar refractivity (Wildman–Crippen MR) is 153 cm³/mol. The molecule has 1 amide bonds. The lowest BCUT2D eigenvalue weighted by molar-refractivity contribution is 0.0511. The normalized spacial score (nSPS) is 10.4. The maximum atomic E-state index is 11.9. The molecule has 10 heteroatoms. The van der Waals surface area contributed by atoms with Crippen molar-refractivity contribution < 1.29 is 28.6 Å². The number of carbonyl (C=O) groups excluding carboxylic acids is 3. The molecule has 0 aliphatic heterocycles. The van der Waals surface area contributed by atoms with Gasteiger partial charge in [0, 0.05) is 33.2 Å². The third-order valence-electron chi connectivity index (χ3n) is 5.72. The van der Waals surface area contributed by atoms with Gasteiger partial charge in [-0.15, -0.1) is 0 Å². The number of esters is 2. The van der Waals surface area contributed by atoms with Crippen LogP contribution < -0.4 is 11.1 Å². The molecule has 0 saturated heterocycles. The van der Waals surface area contributed by atoms with Crippen molar-refractivity contribution in [3.8, 4) is 0 Å². The van der Waals surface area contributed by atoms with Gasteiger partial charge in [0.05, 0.1) is 13.2 Å². The van der Waals surface area contributed by atoms with Crippen molar-refractivity contribution in [1.29, 1.82) is 0 Å². The average Bonchev–Trinajstić information content (AvgIpc) is 3.57. The highest BCUT2D eigenvalue weighted by Gasteiger charge is 2.12. The van der Waals surface area contributed by atoms with Crippen LogP contribution in [0.3, 0.4) is 0 Å². The summed E-state index contributed by atoms with van der Waals surface area (Å²) < 4.78 is 15.0. The Hall–Kier alpha value is -5.25. The van der Waals surface area contributed by atoms with Crippen LogP contribution in [0.25, 0.3) is 21.8 Å². The SMILES string of the molecule is CCOC(=O)c1cc2cc(N)ccc2[nH]1.CCOC(=O)c1cc2cc(NC(=O)OCc3ccccc3)ccc2[nH]1. The van der Waals surface area contributed by atoms with Gasteiger partial charge in [-0.3, -0.25) is 5.32 Å². The molecule has 0 unspecified atom stereocenters. The van der Waals surface area contributed by atoms with Crippen LogP contribution in [0.4, 0.5) is 16.2 Å². The summed E-state index contributed by atoms with van der Waals surface area (Å²) in [7, 11) is 0. The lowest BCUT2D eigenvalue weighted by Crippen LogP contribution is -2.13. The summed E-state index contributed by atoms with van der Waals surface area (Å²) >= 11 is 0. The first-order valence-corrected chi connectivity index (χ1v) is 12.7. The molecule has 0 atom stereocenters. The monoisotopic (exact) mass is 542 g/mol. The third kappa shape index (κ3) is 7.19. The molecule has 0 aliphatic rings. The minimum absolute atomic E-state index is 0.200. The van der Waals surface area contributed by atoms with Crippen LogP contribution in [0.1, 0.15) is 40.4 Å². The van der Waals surface area contributed by atoms with Crippen LogP contribution in [0.2, 0.25) is 0 Å². The fourth-order valence-corrected chi connectivity index (χ4v) is 3.88. The summed E-state index contributed by atoms with van der Waals surface area (Å²) in [5.74, 6) is -0.747. The Labute approximate surface area is 230 Å². The molecule has 5 aromatic rings. The molecular formula is C30H30N4O6. The van der Waals surface area contributed by atoms with E-state index in [1.807, 2.05) is 42.5 Å². The molecule has 2 aromatic heterocycles. The Kier molecular flexibility index (Phi) is 9.03. The Balaban J connectivity index is 0.000000210. The Morgan fingerprint density at radius 3 is 1.90 bits per heavy atom. The summed E-state index contributed by atoms with van der Waals surface area (Å²) in [5.41, 5.74) is 10.3. The quantitative estimate of drug-likeness (QED) is 0.112. The largest absolute Gasteiger partial charge is 0.461 e. The van der Waals surface area contributed by atoms with Crippen LogP contribution >= 0.6 is 0 Å². The second-order valence-corrected chi connectivity index (χ2v) is 8.64. The van der Waals surface area contributed by atoms with Crippen molar-refractivity contribution in [1.82, 2.24) is 9.97 Å². The van der Waals surface area contributed by atoms with E-state index in [4.69, 9.17) is 19.9 Å². The van der Waals surface area contributed by atoms with E-state index in [0.29, 0.717) is 36.0 Å². The van der Waals surface area contributed by atoms with Crippen LogP contribution in [0.15, 0.2) is 78.9 Å². The van der Waals surface area contributed by atoms with E-state index in [0.717, 1.165) is 27.4 Å². The van der Waals surface area contributed by atoms with E-state index in [1.54, 1.807) is 50.2 Å². The zero-order chi connectivity index (χ0) is 28.5. The smallest absolute Gasteiger partial charge is 0.411 e. The molecule has 0 fully saturated rings. The molecule has 2 heterocycles. The van der Waals surface area contributed by atoms with Crippen LogP contribution in [0.5, 0.6) is 0 Å². The molecule has 0 aliphatic carbocycles. The Morgan fingerprint density at radius 2 is 1.30 bits per heavy atom. The van der Waals surface area contributed by atoms with Crippen LogP contribution in [0, 0.1) is 0 Å². The zero-order valence-corrected chi connectivity index (χ0v) is 22.2. The second-order valence-electron chi connectivity index (χ2n) is 8.64. The Bertz CT molecular complexity index is 1620. The lowest BCUT2D eigenvalue weighted by Gasteiger charge is -2.07. The van der Waals surface area contributed by atoms with E-state index in [-0.39, 0.29) is 12.6 Å². The minimum Gasteiger partial charge on any atom is -0.461 e. The maximum Gasteiger partial charge on any atom is 0.411 e. The molecule has 3 aromatic carbocycles. The highest BCUT2D eigenvalue weighted by atomic mass is 16.5. The molecule has 5 N–H and O–H groups in total. The van der Waals surface area contributed by atoms with Gasteiger partial charge in [0.1, 0.15) is 18.0 Å². The first kappa shape index (κ1) is 27.8. The number of hydrogen-bond donors (Lipinski definition) is 4. The van der Waals surface area contributed by atoms with Crippen molar-refractivity contribution in [2.75, 3.05) is 24.3 Å². The van der Waals surface area contributed by atoms with E-state index in [1.165, 1.54) is 0 Å². The number of rotatable bonds is 7. The predicted octanol–water partition coefficient (Wildman–Crippen LogP) is 6.02. The molecule has 0 radical (unpaired) electrons. The second kappa shape index (κ2) is 13.0. The molecule has 0 bridgehead atoms. The summed E-state index contributed by atoms with van der Waals surface area (Å²) in [6.45, 7) is 4.42. The minimum atomic E-state index is -0.538. The van der Waals surface area contributed by atoms with Gasteiger partial charge < -0.3 is 29.9 Å². The topological polar surface area (TPSA) is 149 Å². The molecule has 0 spiro atoms. The van der Waals surface area contributed by atoms with Crippen molar-refractivity contribution >= 4 is 51.2 Å². The number of nitrogens with one attached hydrogen (secondary N) is 3. The lowest BCUT2D eigenvalue weighted by atomic mass is 10.2. The molecule has 10 nitrogen and oxygen atoms in total. The number of carbonyl (C=O) groups is 3. The van der Waals surface area contributed by atoms with Crippen LogP contribution in [-0.2, 0) is 20.8 Å². The summed E-state index contributed by atoms with van der Waals surface area (Å²) in [6.07, 6.45) is -0.538. The number of fused-ring (bicyclic) bond motifs is 2. The van der Waals surface area contributed by atoms with Crippen molar-refractivity contribution in [2.24, 2.45) is 0 Å². The Morgan fingerprint density at radius 1 is 0.725 bits per heavy atom. The van der Waals surface area contributed by atoms with Crippen molar-refractivity contribution in [3.05, 3.63) is 95.8 Å². The van der Waals surface area contributed by atoms with Gasteiger partial charge in [-0.1, -0.05) is 30.3 Å². The van der Waals surface area contributed by atoms with Gasteiger partial charge in [-0.25, -0.2) is 14.4 Å². The van der Waals surface area contributed by atoms with Crippen molar-refractivity contribution in [2.45, 2.75) is 20.5 Å². The van der Waals surface area contributed by atoms with Crippen LogP contribution in [-0.4, -0.2) is 41.2 Å². The summed E-state index contributed by atoms with van der Waals surface area (Å²) in [4.78, 5) is 41.0. The number of benzene rings is 3. The van der Waals surface area contributed by atoms with E-state index >= 15 is 0 Å². The van der Waals surface area contributed by atoms with E-state index in [2.05, 4.69) is 15.3 Å². The number of hydrogen-bond acceptors (Lipinski definition) is 7.